The molecule has 2 rings (SSSR count). The Morgan fingerprint density at radius 2 is 1.79 bits per heavy atom. The number of hydrogen-bond donors (Lipinski definition) is 1. The SMILES string of the molecule is Cc1cc(Cl)c(C(O)CCC2CCCCC2)cc1C. The van der Waals surface area contributed by atoms with Crippen molar-refractivity contribution >= 4 is 11.6 Å². The molecule has 1 aliphatic carbocycles. The van der Waals surface area contributed by atoms with E-state index in [1.54, 1.807) is 0 Å². The Balaban J connectivity index is 1.95. The number of hydrogen-bond acceptors (Lipinski definition) is 1. The molecule has 0 radical (unpaired) electrons. The number of aliphatic hydroxyl groups is 1. The molecule has 19 heavy (non-hydrogen) atoms. The van der Waals surface area contributed by atoms with Crippen LogP contribution in [0.15, 0.2) is 12.1 Å². The maximum absolute atomic E-state index is 10.4. The largest absolute Gasteiger partial charge is 0.388 e. The monoisotopic (exact) mass is 280 g/mol. The number of aliphatic hydroxyl groups excluding tert-OH is 1. The van der Waals surface area contributed by atoms with Crippen molar-refractivity contribution in [1.82, 2.24) is 0 Å². The summed E-state index contributed by atoms with van der Waals surface area (Å²) in [4.78, 5) is 0. The van der Waals surface area contributed by atoms with Crippen LogP contribution in [0.4, 0.5) is 0 Å². The third kappa shape index (κ3) is 3.97. The molecule has 0 aromatic heterocycles. The molecule has 0 bridgehead atoms. The van der Waals surface area contributed by atoms with Crippen molar-refractivity contribution in [1.29, 1.82) is 0 Å². The van der Waals surface area contributed by atoms with Crippen molar-refractivity contribution in [2.24, 2.45) is 5.92 Å². The van der Waals surface area contributed by atoms with Gasteiger partial charge in [-0.2, -0.15) is 0 Å². The number of benzene rings is 1. The van der Waals surface area contributed by atoms with Crippen molar-refractivity contribution in [3.63, 3.8) is 0 Å². The second kappa shape index (κ2) is 6.76. The minimum Gasteiger partial charge on any atom is -0.388 e. The summed E-state index contributed by atoms with van der Waals surface area (Å²) in [6.07, 6.45) is 8.37. The van der Waals surface area contributed by atoms with E-state index in [2.05, 4.69) is 13.8 Å². The van der Waals surface area contributed by atoms with Crippen molar-refractivity contribution in [2.75, 3.05) is 0 Å². The van der Waals surface area contributed by atoms with Gasteiger partial charge in [-0.25, -0.2) is 0 Å². The maximum Gasteiger partial charge on any atom is 0.0804 e. The van der Waals surface area contributed by atoms with E-state index < -0.39 is 6.10 Å². The Morgan fingerprint density at radius 1 is 1.16 bits per heavy atom. The summed E-state index contributed by atoms with van der Waals surface area (Å²) in [5.41, 5.74) is 3.30. The lowest BCUT2D eigenvalue weighted by molar-refractivity contribution is 0.151. The van der Waals surface area contributed by atoms with Gasteiger partial charge in [0.25, 0.3) is 0 Å². The summed E-state index contributed by atoms with van der Waals surface area (Å²) < 4.78 is 0. The molecule has 2 heteroatoms. The van der Waals surface area contributed by atoms with Gasteiger partial charge < -0.3 is 5.11 Å². The van der Waals surface area contributed by atoms with Crippen molar-refractivity contribution in [3.05, 3.63) is 33.8 Å². The fourth-order valence-electron chi connectivity index (χ4n) is 3.08. The van der Waals surface area contributed by atoms with E-state index in [9.17, 15) is 5.11 Å². The van der Waals surface area contributed by atoms with Gasteiger partial charge in [0, 0.05) is 5.02 Å². The van der Waals surface area contributed by atoms with E-state index in [-0.39, 0.29) is 0 Å². The summed E-state index contributed by atoms with van der Waals surface area (Å²) in [7, 11) is 0. The first-order valence-corrected chi connectivity index (χ1v) is 7.90. The van der Waals surface area contributed by atoms with Crippen molar-refractivity contribution in [3.8, 4) is 0 Å². The molecule has 1 nitrogen and oxygen atoms in total. The molecule has 0 heterocycles. The van der Waals surface area contributed by atoms with Gasteiger partial charge in [-0.05, 0) is 55.4 Å². The van der Waals surface area contributed by atoms with Gasteiger partial charge in [0.15, 0.2) is 0 Å². The minimum atomic E-state index is -0.409. The smallest absolute Gasteiger partial charge is 0.0804 e. The molecule has 106 valence electrons. The summed E-state index contributed by atoms with van der Waals surface area (Å²) in [6.45, 7) is 4.13. The zero-order valence-electron chi connectivity index (χ0n) is 12.1. The second-order valence-electron chi connectivity index (χ2n) is 6.06. The van der Waals surface area contributed by atoms with Gasteiger partial charge >= 0.3 is 0 Å². The first kappa shape index (κ1) is 14.9. The lowest BCUT2D eigenvalue weighted by atomic mass is 9.85. The van der Waals surface area contributed by atoms with E-state index in [1.165, 1.54) is 43.2 Å². The van der Waals surface area contributed by atoms with Gasteiger partial charge in [0.05, 0.1) is 6.10 Å². The second-order valence-corrected chi connectivity index (χ2v) is 6.46. The summed E-state index contributed by atoms with van der Waals surface area (Å²) in [5.74, 6) is 0.814. The van der Waals surface area contributed by atoms with Crippen LogP contribution in [0.25, 0.3) is 0 Å². The van der Waals surface area contributed by atoms with Crippen LogP contribution in [-0.4, -0.2) is 5.11 Å². The predicted octanol–water partition coefficient (Wildman–Crippen LogP) is 5.35. The first-order valence-electron chi connectivity index (χ1n) is 7.52. The summed E-state index contributed by atoms with van der Waals surface area (Å²) >= 11 is 6.26. The molecule has 0 saturated heterocycles. The van der Waals surface area contributed by atoms with Crippen LogP contribution in [0.2, 0.25) is 5.02 Å². The Morgan fingerprint density at radius 3 is 2.47 bits per heavy atom. The molecule has 1 aromatic carbocycles. The van der Waals surface area contributed by atoms with Crippen LogP contribution in [0.1, 0.15) is 67.7 Å². The molecule has 0 amide bonds. The molecule has 1 atom stereocenters. The zero-order chi connectivity index (χ0) is 13.8. The minimum absolute atomic E-state index is 0.409. The molecule has 1 N–H and O–H groups in total. The fraction of sp³-hybridized carbons (Fsp3) is 0.647. The van der Waals surface area contributed by atoms with Crippen LogP contribution >= 0.6 is 11.6 Å². The van der Waals surface area contributed by atoms with Gasteiger partial charge in [0.2, 0.25) is 0 Å². The number of aryl methyl sites for hydroxylation is 2. The van der Waals surface area contributed by atoms with Crippen LogP contribution in [0.5, 0.6) is 0 Å². The highest BCUT2D eigenvalue weighted by Crippen LogP contribution is 2.33. The fourth-order valence-corrected chi connectivity index (χ4v) is 3.43. The third-order valence-corrected chi connectivity index (χ3v) is 4.87. The van der Waals surface area contributed by atoms with Crippen LogP contribution < -0.4 is 0 Å². The molecule has 1 fully saturated rings. The van der Waals surface area contributed by atoms with Gasteiger partial charge in [0.1, 0.15) is 0 Å². The Bertz CT molecular complexity index is 422. The van der Waals surface area contributed by atoms with Gasteiger partial charge in [-0.3, -0.25) is 0 Å². The molecule has 1 unspecified atom stereocenters. The third-order valence-electron chi connectivity index (χ3n) is 4.55. The zero-order valence-corrected chi connectivity index (χ0v) is 12.8. The molecular weight excluding hydrogens is 256 g/mol. The molecule has 0 spiro atoms. The number of rotatable bonds is 4. The van der Waals surface area contributed by atoms with E-state index in [0.717, 1.165) is 24.3 Å². The van der Waals surface area contributed by atoms with E-state index in [1.807, 2.05) is 12.1 Å². The standard InChI is InChI=1S/C17H25ClO/c1-12-10-15(16(18)11-13(12)2)17(19)9-8-14-6-4-3-5-7-14/h10-11,14,17,19H,3-9H2,1-2H3. The predicted molar refractivity (Wildman–Crippen MR) is 81.7 cm³/mol. The quantitative estimate of drug-likeness (QED) is 0.788. The highest BCUT2D eigenvalue weighted by Gasteiger charge is 2.18. The van der Waals surface area contributed by atoms with E-state index >= 15 is 0 Å². The number of halogens is 1. The summed E-state index contributed by atoms with van der Waals surface area (Å²) in [6, 6.07) is 4.01. The van der Waals surface area contributed by atoms with Crippen LogP contribution in [0.3, 0.4) is 0 Å². The van der Waals surface area contributed by atoms with Gasteiger partial charge in [-0.15, -0.1) is 0 Å². The highest BCUT2D eigenvalue weighted by atomic mass is 35.5. The Hall–Kier alpha value is -0.530. The average molecular weight is 281 g/mol. The van der Waals surface area contributed by atoms with Crippen LogP contribution in [0, 0.1) is 19.8 Å². The average Bonchev–Trinajstić information content (AvgIpc) is 2.41. The maximum atomic E-state index is 10.4. The van der Waals surface area contributed by atoms with Crippen LogP contribution in [-0.2, 0) is 0 Å². The molecule has 1 aromatic rings. The topological polar surface area (TPSA) is 20.2 Å². The van der Waals surface area contributed by atoms with Crippen molar-refractivity contribution < 1.29 is 5.11 Å². The molecule has 1 aliphatic rings. The molecule has 0 aliphatic heterocycles. The molecular formula is C17H25ClO. The van der Waals surface area contributed by atoms with E-state index in [4.69, 9.17) is 11.6 Å². The normalized spacial score (nSPS) is 18.5. The highest BCUT2D eigenvalue weighted by molar-refractivity contribution is 6.31. The molecule has 1 saturated carbocycles. The van der Waals surface area contributed by atoms with E-state index in [0.29, 0.717) is 5.02 Å². The lowest BCUT2D eigenvalue weighted by Gasteiger charge is -2.23. The summed E-state index contributed by atoms with van der Waals surface area (Å²) in [5, 5.41) is 11.1. The van der Waals surface area contributed by atoms with Crippen molar-refractivity contribution in [2.45, 2.75) is 64.9 Å². The Kier molecular flexibility index (Phi) is 5.29. The van der Waals surface area contributed by atoms with Gasteiger partial charge in [-0.1, -0.05) is 49.8 Å². The lowest BCUT2D eigenvalue weighted by Crippen LogP contribution is -2.09. The Labute approximate surface area is 122 Å². The first-order chi connectivity index (χ1) is 9.08.